The molecule has 0 aromatic heterocycles. The molecule has 2 aliphatic heterocycles. The first-order valence-electron chi connectivity index (χ1n) is 9.54. The van der Waals surface area contributed by atoms with Gasteiger partial charge in [0.25, 0.3) is 0 Å². The molecule has 0 radical (unpaired) electrons. The van der Waals surface area contributed by atoms with Gasteiger partial charge in [-0.1, -0.05) is 20.8 Å². The van der Waals surface area contributed by atoms with Crippen molar-refractivity contribution in [2.24, 2.45) is 39.9 Å². The maximum absolute atomic E-state index is 12.9. The SMILES string of the molecule is CC(C)[C@H]1CCC2[C@]1(C)CC[C@]13CC[C@](C)(OC1=O)[C@@H]1C[C@@]213. The molecule has 2 nitrogen and oxygen atoms in total. The largest absolute Gasteiger partial charge is 0.459 e. The number of hydrogen-bond donors (Lipinski definition) is 0. The van der Waals surface area contributed by atoms with Crippen LogP contribution in [0, 0.1) is 39.9 Å². The van der Waals surface area contributed by atoms with E-state index in [1.54, 1.807) is 0 Å². The van der Waals surface area contributed by atoms with Crippen LogP contribution in [0.2, 0.25) is 0 Å². The smallest absolute Gasteiger partial charge is 0.313 e. The average molecular weight is 302 g/mol. The second-order valence-corrected chi connectivity index (χ2v) is 10.1. The molecule has 4 saturated carbocycles. The van der Waals surface area contributed by atoms with E-state index in [1.165, 1.54) is 25.7 Å². The van der Waals surface area contributed by atoms with E-state index in [0.29, 0.717) is 16.7 Å². The molecule has 4 aliphatic carbocycles. The van der Waals surface area contributed by atoms with Crippen LogP contribution in [-0.4, -0.2) is 11.6 Å². The molecule has 122 valence electrons. The third-order valence-corrected chi connectivity index (χ3v) is 9.32. The van der Waals surface area contributed by atoms with Crippen molar-refractivity contribution in [2.75, 3.05) is 0 Å². The van der Waals surface area contributed by atoms with E-state index in [2.05, 4.69) is 27.7 Å². The molecule has 0 aromatic carbocycles. The van der Waals surface area contributed by atoms with Crippen molar-refractivity contribution in [3.8, 4) is 0 Å². The number of rotatable bonds is 1. The molecule has 22 heavy (non-hydrogen) atoms. The molecular weight excluding hydrogens is 272 g/mol. The second kappa shape index (κ2) is 3.59. The summed E-state index contributed by atoms with van der Waals surface area (Å²) in [5, 5.41) is 0. The first-order valence-corrected chi connectivity index (χ1v) is 9.54. The van der Waals surface area contributed by atoms with Gasteiger partial charge in [-0.15, -0.1) is 0 Å². The van der Waals surface area contributed by atoms with E-state index >= 15 is 0 Å². The third kappa shape index (κ3) is 1.17. The number of carbonyl (C=O) groups excluding carboxylic acids is 1. The van der Waals surface area contributed by atoms with Gasteiger partial charge in [0.15, 0.2) is 0 Å². The van der Waals surface area contributed by atoms with E-state index in [-0.39, 0.29) is 17.0 Å². The van der Waals surface area contributed by atoms with Gasteiger partial charge in [-0.3, -0.25) is 4.79 Å². The summed E-state index contributed by atoms with van der Waals surface area (Å²) in [6.45, 7) is 9.62. The Hall–Kier alpha value is -0.530. The summed E-state index contributed by atoms with van der Waals surface area (Å²) in [7, 11) is 0. The number of carbonyl (C=O) groups is 1. The van der Waals surface area contributed by atoms with Crippen LogP contribution >= 0.6 is 0 Å². The van der Waals surface area contributed by atoms with Crippen LogP contribution in [-0.2, 0) is 9.53 Å². The molecule has 6 aliphatic rings. The summed E-state index contributed by atoms with van der Waals surface area (Å²) in [5.41, 5.74) is 0.576. The Morgan fingerprint density at radius 3 is 2.45 bits per heavy atom. The van der Waals surface area contributed by atoms with Crippen molar-refractivity contribution in [2.45, 2.75) is 78.2 Å². The van der Waals surface area contributed by atoms with Gasteiger partial charge in [-0.2, -0.15) is 0 Å². The standard InChI is InChI=1S/C20H30O2/c1-12(2)13-5-6-14-17(13,3)7-9-19-10-8-18(4,22-16(19)21)15-11-20(14,15)19/h12-15H,5-11H2,1-4H3/t13-,14?,15+,17-,18+,19+,20-/m1/s1. The van der Waals surface area contributed by atoms with E-state index in [9.17, 15) is 4.79 Å². The van der Waals surface area contributed by atoms with Crippen molar-refractivity contribution < 1.29 is 9.53 Å². The summed E-state index contributed by atoms with van der Waals surface area (Å²) in [4.78, 5) is 12.9. The van der Waals surface area contributed by atoms with Crippen LogP contribution in [0.1, 0.15) is 72.6 Å². The zero-order valence-corrected chi connectivity index (χ0v) is 14.6. The van der Waals surface area contributed by atoms with E-state index < -0.39 is 0 Å². The van der Waals surface area contributed by atoms with Gasteiger partial charge < -0.3 is 4.74 Å². The Morgan fingerprint density at radius 1 is 1.05 bits per heavy atom. The molecular formula is C20H30O2. The third-order valence-electron chi connectivity index (χ3n) is 9.32. The molecule has 2 heterocycles. The lowest BCUT2D eigenvalue weighted by Crippen LogP contribution is -2.64. The molecule has 2 saturated heterocycles. The van der Waals surface area contributed by atoms with E-state index in [4.69, 9.17) is 4.74 Å². The molecule has 6 rings (SSSR count). The van der Waals surface area contributed by atoms with Crippen molar-refractivity contribution in [1.82, 2.24) is 0 Å². The number of esters is 1. The summed E-state index contributed by atoms with van der Waals surface area (Å²) >= 11 is 0. The fourth-order valence-electron chi connectivity index (χ4n) is 8.39. The van der Waals surface area contributed by atoms with Crippen LogP contribution in [0.5, 0.6) is 0 Å². The lowest BCUT2D eigenvalue weighted by molar-refractivity contribution is -0.236. The van der Waals surface area contributed by atoms with Gasteiger partial charge in [0.1, 0.15) is 5.60 Å². The number of hydrogen-bond acceptors (Lipinski definition) is 2. The van der Waals surface area contributed by atoms with Crippen LogP contribution in [0.3, 0.4) is 0 Å². The fraction of sp³-hybridized carbons (Fsp3) is 0.950. The number of fused-ring (bicyclic) bond motifs is 3. The van der Waals surface area contributed by atoms with Gasteiger partial charge in [-0.05, 0) is 80.5 Å². The molecule has 2 heteroatoms. The molecule has 2 bridgehead atoms. The maximum Gasteiger partial charge on any atom is 0.313 e. The molecule has 0 N–H and O–H groups in total. The van der Waals surface area contributed by atoms with Gasteiger partial charge >= 0.3 is 5.97 Å². The normalized spacial score (nSPS) is 61.5. The minimum absolute atomic E-state index is 0.0918. The Morgan fingerprint density at radius 2 is 1.77 bits per heavy atom. The quantitative estimate of drug-likeness (QED) is 0.663. The highest BCUT2D eigenvalue weighted by atomic mass is 16.6. The summed E-state index contributed by atoms with van der Waals surface area (Å²) in [6, 6.07) is 0. The van der Waals surface area contributed by atoms with Crippen LogP contribution in [0.25, 0.3) is 0 Å². The topological polar surface area (TPSA) is 26.3 Å². The highest BCUT2D eigenvalue weighted by Crippen LogP contribution is 2.86. The van der Waals surface area contributed by atoms with Gasteiger partial charge in [0, 0.05) is 5.92 Å². The van der Waals surface area contributed by atoms with Crippen molar-refractivity contribution in [3.63, 3.8) is 0 Å². The molecule has 6 fully saturated rings. The average Bonchev–Trinajstić information content (AvgIpc) is 3.11. The second-order valence-electron chi connectivity index (χ2n) is 10.1. The fourth-order valence-corrected chi connectivity index (χ4v) is 8.39. The summed E-state index contributed by atoms with van der Waals surface area (Å²) in [6.07, 6.45) is 8.60. The molecule has 0 aromatic rings. The highest BCUT2D eigenvalue weighted by molar-refractivity contribution is 5.82. The van der Waals surface area contributed by atoms with Gasteiger partial charge in [0.05, 0.1) is 5.41 Å². The summed E-state index contributed by atoms with van der Waals surface area (Å²) in [5.74, 6) is 3.27. The predicted octanol–water partition coefficient (Wildman–Crippen LogP) is 4.57. The van der Waals surface area contributed by atoms with Crippen LogP contribution < -0.4 is 0 Å². The van der Waals surface area contributed by atoms with Crippen molar-refractivity contribution >= 4 is 5.97 Å². The minimum Gasteiger partial charge on any atom is -0.459 e. The lowest BCUT2D eigenvalue weighted by atomic mass is 9.44. The molecule has 0 amide bonds. The van der Waals surface area contributed by atoms with E-state index in [1.807, 2.05) is 0 Å². The van der Waals surface area contributed by atoms with Gasteiger partial charge in [0.2, 0.25) is 0 Å². The van der Waals surface area contributed by atoms with Crippen molar-refractivity contribution in [1.29, 1.82) is 0 Å². The Balaban J connectivity index is 1.63. The molecule has 2 spiro atoms. The minimum atomic E-state index is -0.132. The lowest BCUT2D eigenvalue weighted by Gasteiger charge is -2.62. The first-order chi connectivity index (χ1) is 10.3. The Bertz CT molecular complexity index is 568. The van der Waals surface area contributed by atoms with E-state index in [0.717, 1.165) is 37.0 Å². The molecule has 1 unspecified atom stereocenters. The Labute approximate surface area is 134 Å². The monoisotopic (exact) mass is 302 g/mol. The van der Waals surface area contributed by atoms with Crippen LogP contribution in [0.4, 0.5) is 0 Å². The number of ether oxygens (including phenoxy) is 1. The first kappa shape index (κ1) is 13.9. The molecule has 7 atom stereocenters. The Kier molecular flexibility index (Phi) is 2.27. The highest BCUT2D eigenvalue weighted by Gasteiger charge is 2.86. The zero-order valence-electron chi connectivity index (χ0n) is 14.6. The van der Waals surface area contributed by atoms with Crippen molar-refractivity contribution in [3.05, 3.63) is 0 Å². The summed E-state index contributed by atoms with van der Waals surface area (Å²) < 4.78 is 6.00. The van der Waals surface area contributed by atoms with Crippen LogP contribution in [0.15, 0.2) is 0 Å². The predicted molar refractivity (Wildman–Crippen MR) is 85.1 cm³/mol. The van der Waals surface area contributed by atoms with Gasteiger partial charge in [-0.25, -0.2) is 0 Å². The maximum atomic E-state index is 12.9. The zero-order chi connectivity index (χ0) is 15.5.